The third-order valence-electron chi connectivity index (χ3n) is 3.13. The molecule has 0 heterocycles. The van der Waals surface area contributed by atoms with E-state index in [-0.39, 0.29) is 0 Å². The number of ether oxygens (including phenoxy) is 2. The molecule has 0 aromatic heterocycles. The lowest BCUT2D eigenvalue weighted by Crippen LogP contribution is -2.11. The predicted molar refractivity (Wildman–Crippen MR) is 97.9 cm³/mol. The monoisotopic (exact) mass is 387 g/mol. The molecule has 1 N–H and O–H groups in total. The first-order valence-corrected chi connectivity index (χ1v) is 8.33. The minimum atomic E-state index is -0.440. The standard InChI is InChI=1S/C17H16Cl3NO3/c1-23-17(22)15-10-11(18)3-4-16(15)21-5-2-6-24-14-8-12(19)7-13(20)9-14/h3-4,7-10,21H,2,5-6H2,1H3. The number of carbonyl (C=O) groups is 1. The van der Waals surface area contributed by atoms with Crippen molar-refractivity contribution >= 4 is 46.5 Å². The van der Waals surface area contributed by atoms with Crippen molar-refractivity contribution in [1.29, 1.82) is 0 Å². The molecule has 0 aliphatic carbocycles. The molecule has 0 aliphatic heterocycles. The van der Waals surface area contributed by atoms with Gasteiger partial charge in [0, 0.05) is 27.3 Å². The summed E-state index contributed by atoms with van der Waals surface area (Å²) < 4.78 is 10.4. The Balaban J connectivity index is 1.85. The second-order valence-electron chi connectivity index (χ2n) is 4.92. The van der Waals surface area contributed by atoms with E-state index in [0.29, 0.717) is 51.6 Å². The lowest BCUT2D eigenvalue weighted by molar-refractivity contribution is 0.0602. The van der Waals surface area contributed by atoms with E-state index in [1.807, 2.05) is 0 Å². The van der Waals surface area contributed by atoms with Crippen molar-refractivity contribution in [3.63, 3.8) is 0 Å². The first-order chi connectivity index (χ1) is 11.5. The van der Waals surface area contributed by atoms with E-state index in [2.05, 4.69) is 5.32 Å². The van der Waals surface area contributed by atoms with E-state index in [4.69, 9.17) is 44.3 Å². The van der Waals surface area contributed by atoms with E-state index in [0.717, 1.165) is 0 Å². The summed E-state index contributed by atoms with van der Waals surface area (Å²) in [6.07, 6.45) is 0.716. The molecule has 7 heteroatoms. The van der Waals surface area contributed by atoms with Crippen LogP contribution in [0.25, 0.3) is 0 Å². The lowest BCUT2D eigenvalue weighted by Gasteiger charge is -2.12. The van der Waals surface area contributed by atoms with Gasteiger partial charge in [-0.2, -0.15) is 0 Å². The van der Waals surface area contributed by atoms with Gasteiger partial charge >= 0.3 is 5.97 Å². The average molecular weight is 389 g/mol. The number of hydrogen-bond donors (Lipinski definition) is 1. The van der Waals surface area contributed by atoms with Gasteiger partial charge in [-0.05, 0) is 42.8 Å². The largest absolute Gasteiger partial charge is 0.493 e. The molecule has 2 aromatic carbocycles. The van der Waals surface area contributed by atoms with Crippen molar-refractivity contribution in [2.75, 3.05) is 25.6 Å². The second kappa shape index (κ2) is 9.02. The number of rotatable bonds is 7. The molecule has 0 aliphatic rings. The number of nitrogens with one attached hydrogen (secondary N) is 1. The summed E-state index contributed by atoms with van der Waals surface area (Å²) >= 11 is 17.7. The fourth-order valence-electron chi connectivity index (χ4n) is 2.05. The Hall–Kier alpha value is -1.62. The van der Waals surface area contributed by atoms with Crippen molar-refractivity contribution in [3.05, 3.63) is 57.0 Å². The quantitative estimate of drug-likeness (QED) is 0.515. The van der Waals surface area contributed by atoms with Crippen LogP contribution >= 0.6 is 34.8 Å². The van der Waals surface area contributed by atoms with Gasteiger partial charge in [0.25, 0.3) is 0 Å². The zero-order valence-electron chi connectivity index (χ0n) is 12.9. The van der Waals surface area contributed by atoms with Crippen LogP contribution in [-0.2, 0) is 4.74 Å². The number of anilines is 1. The number of methoxy groups -OCH3 is 1. The van der Waals surface area contributed by atoms with Crippen molar-refractivity contribution in [1.82, 2.24) is 0 Å². The molecule has 0 bridgehead atoms. The Morgan fingerprint density at radius 1 is 1.04 bits per heavy atom. The number of carbonyl (C=O) groups excluding carboxylic acids is 1. The molecule has 0 saturated carbocycles. The van der Waals surface area contributed by atoms with Crippen LogP contribution in [0, 0.1) is 0 Å². The van der Waals surface area contributed by atoms with Crippen molar-refractivity contribution in [2.45, 2.75) is 6.42 Å². The smallest absolute Gasteiger partial charge is 0.340 e. The van der Waals surface area contributed by atoms with Crippen LogP contribution in [-0.4, -0.2) is 26.2 Å². The topological polar surface area (TPSA) is 47.6 Å². The summed E-state index contributed by atoms with van der Waals surface area (Å²) in [5.41, 5.74) is 1.06. The Bertz CT molecular complexity index is 702. The molecule has 0 saturated heterocycles. The summed E-state index contributed by atoms with van der Waals surface area (Å²) in [5, 5.41) is 4.70. The number of halogens is 3. The zero-order chi connectivity index (χ0) is 17.5. The lowest BCUT2D eigenvalue weighted by atomic mass is 10.1. The van der Waals surface area contributed by atoms with Gasteiger partial charge in [-0.25, -0.2) is 4.79 Å². The maximum absolute atomic E-state index is 11.8. The van der Waals surface area contributed by atoms with Gasteiger partial charge in [-0.15, -0.1) is 0 Å². The summed E-state index contributed by atoms with van der Waals surface area (Å²) in [7, 11) is 1.33. The Kier molecular flexibility index (Phi) is 7.03. The van der Waals surface area contributed by atoms with E-state index in [9.17, 15) is 4.79 Å². The predicted octanol–water partition coefficient (Wildman–Crippen LogP) is 5.31. The van der Waals surface area contributed by atoms with Gasteiger partial charge in [-0.3, -0.25) is 0 Å². The van der Waals surface area contributed by atoms with Crippen molar-refractivity contribution in [3.8, 4) is 5.75 Å². The second-order valence-corrected chi connectivity index (χ2v) is 6.22. The highest BCUT2D eigenvalue weighted by Crippen LogP contribution is 2.24. The number of hydrogen-bond acceptors (Lipinski definition) is 4. The first-order valence-electron chi connectivity index (χ1n) is 7.20. The molecule has 2 rings (SSSR count). The first kappa shape index (κ1) is 18.7. The highest BCUT2D eigenvalue weighted by molar-refractivity contribution is 6.34. The minimum Gasteiger partial charge on any atom is -0.493 e. The molecule has 2 aromatic rings. The molecular weight excluding hydrogens is 373 g/mol. The van der Waals surface area contributed by atoms with Gasteiger partial charge in [-0.1, -0.05) is 34.8 Å². The van der Waals surface area contributed by atoms with Gasteiger partial charge in [0.1, 0.15) is 5.75 Å². The molecule has 128 valence electrons. The molecule has 0 atom stereocenters. The molecule has 0 spiro atoms. The molecule has 0 amide bonds. The SMILES string of the molecule is COC(=O)c1cc(Cl)ccc1NCCCOc1cc(Cl)cc(Cl)c1. The van der Waals surface area contributed by atoms with Gasteiger partial charge in [0.2, 0.25) is 0 Å². The van der Waals surface area contributed by atoms with Crippen molar-refractivity contribution < 1.29 is 14.3 Å². The summed E-state index contributed by atoms with van der Waals surface area (Å²) in [4.78, 5) is 11.8. The van der Waals surface area contributed by atoms with E-state index in [1.54, 1.807) is 36.4 Å². The normalized spacial score (nSPS) is 10.3. The fourth-order valence-corrected chi connectivity index (χ4v) is 2.72. The third-order valence-corrected chi connectivity index (χ3v) is 3.80. The van der Waals surface area contributed by atoms with Crippen LogP contribution in [0.3, 0.4) is 0 Å². The summed E-state index contributed by atoms with van der Waals surface area (Å²) in [6, 6.07) is 10.1. The molecule has 0 fully saturated rings. The molecule has 4 nitrogen and oxygen atoms in total. The fraction of sp³-hybridized carbons (Fsp3) is 0.235. The molecule has 0 radical (unpaired) electrons. The highest BCUT2D eigenvalue weighted by atomic mass is 35.5. The number of esters is 1. The number of benzene rings is 2. The summed E-state index contributed by atoms with van der Waals surface area (Å²) in [6.45, 7) is 1.09. The Labute approximate surface area is 155 Å². The van der Waals surface area contributed by atoms with Crippen LogP contribution in [0.4, 0.5) is 5.69 Å². The van der Waals surface area contributed by atoms with Gasteiger partial charge in [0.15, 0.2) is 0 Å². The van der Waals surface area contributed by atoms with Gasteiger partial charge in [0.05, 0.1) is 19.3 Å². The maximum Gasteiger partial charge on any atom is 0.340 e. The van der Waals surface area contributed by atoms with Crippen LogP contribution in [0.1, 0.15) is 16.8 Å². The molecule has 24 heavy (non-hydrogen) atoms. The van der Waals surface area contributed by atoms with Crippen LogP contribution in [0.15, 0.2) is 36.4 Å². The maximum atomic E-state index is 11.8. The van der Waals surface area contributed by atoms with E-state index in [1.165, 1.54) is 7.11 Å². The minimum absolute atomic E-state index is 0.396. The van der Waals surface area contributed by atoms with Crippen molar-refractivity contribution in [2.24, 2.45) is 0 Å². The van der Waals surface area contributed by atoms with Crippen LogP contribution in [0.2, 0.25) is 15.1 Å². The van der Waals surface area contributed by atoms with Crippen LogP contribution in [0.5, 0.6) is 5.75 Å². The van der Waals surface area contributed by atoms with E-state index < -0.39 is 5.97 Å². The average Bonchev–Trinajstić information content (AvgIpc) is 2.54. The summed E-state index contributed by atoms with van der Waals surface area (Å²) in [5.74, 6) is 0.180. The highest BCUT2D eigenvalue weighted by Gasteiger charge is 2.12. The molecule has 0 unspecified atom stereocenters. The molecular formula is C17H16Cl3NO3. The van der Waals surface area contributed by atoms with Crippen LogP contribution < -0.4 is 10.1 Å². The Morgan fingerprint density at radius 2 is 1.75 bits per heavy atom. The van der Waals surface area contributed by atoms with Gasteiger partial charge < -0.3 is 14.8 Å². The zero-order valence-corrected chi connectivity index (χ0v) is 15.2. The third kappa shape index (κ3) is 5.48. The Morgan fingerprint density at radius 3 is 2.42 bits per heavy atom. The van der Waals surface area contributed by atoms with E-state index >= 15 is 0 Å².